The van der Waals surface area contributed by atoms with Gasteiger partial charge in [-0.1, -0.05) is 18.2 Å². The predicted molar refractivity (Wildman–Crippen MR) is 103 cm³/mol. The van der Waals surface area contributed by atoms with Gasteiger partial charge >= 0.3 is 0 Å². The molecule has 1 N–H and O–H groups in total. The Balaban J connectivity index is 1.60. The van der Waals surface area contributed by atoms with Crippen LogP contribution in [0.15, 0.2) is 29.1 Å². The van der Waals surface area contributed by atoms with E-state index in [2.05, 4.69) is 10.4 Å². The summed E-state index contributed by atoms with van der Waals surface area (Å²) < 4.78 is 12.5. The van der Waals surface area contributed by atoms with Crippen LogP contribution in [-0.2, 0) is 9.47 Å². The van der Waals surface area contributed by atoms with E-state index in [9.17, 15) is 9.59 Å². The fraction of sp³-hybridized carbons (Fsp3) is 0.550. The minimum atomic E-state index is -0.278. The number of nitrogens with one attached hydrogen (secondary N) is 1. The van der Waals surface area contributed by atoms with Crippen molar-refractivity contribution < 1.29 is 14.3 Å². The molecular weight excluding hydrogens is 346 g/mol. The van der Waals surface area contributed by atoms with Gasteiger partial charge in [-0.3, -0.25) is 9.59 Å². The normalized spacial score (nSPS) is 16.9. The number of benzene rings is 1. The minimum Gasteiger partial charge on any atom is -0.379 e. The summed E-state index contributed by atoms with van der Waals surface area (Å²) in [7, 11) is 0. The predicted octanol–water partition coefficient (Wildman–Crippen LogP) is 2.29. The lowest BCUT2D eigenvalue weighted by Crippen LogP contribution is -2.32. The smallest absolute Gasteiger partial charge is 0.274 e. The summed E-state index contributed by atoms with van der Waals surface area (Å²) in [4.78, 5) is 25.2. The molecule has 1 fully saturated rings. The number of hydrogen-bond acceptors (Lipinski definition) is 5. The molecular formula is C20H27N3O4. The van der Waals surface area contributed by atoms with Crippen molar-refractivity contribution >= 4 is 16.7 Å². The Kier molecular flexibility index (Phi) is 6.58. The maximum Gasteiger partial charge on any atom is 0.274 e. The van der Waals surface area contributed by atoms with Gasteiger partial charge in [0.25, 0.3) is 11.5 Å². The first-order valence-corrected chi connectivity index (χ1v) is 9.57. The highest BCUT2D eigenvalue weighted by Crippen LogP contribution is 2.15. The maximum absolute atomic E-state index is 12.6. The maximum atomic E-state index is 12.6. The summed E-state index contributed by atoms with van der Waals surface area (Å²) in [5.41, 5.74) is 0.0962. The Bertz CT molecular complexity index is 841. The van der Waals surface area contributed by atoms with Crippen LogP contribution in [0.5, 0.6) is 0 Å². The largest absolute Gasteiger partial charge is 0.379 e. The van der Waals surface area contributed by atoms with Crippen LogP contribution in [0.1, 0.15) is 49.6 Å². The van der Waals surface area contributed by atoms with E-state index >= 15 is 0 Å². The average Bonchev–Trinajstić information content (AvgIpc) is 3.18. The summed E-state index contributed by atoms with van der Waals surface area (Å²) in [5, 5.41) is 8.27. The molecule has 27 heavy (non-hydrogen) atoms. The number of carbonyl (C=O) groups excluding carboxylic acids is 1. The van der Waals surface area contributed by atoms with E-state index in [1.54, 1.807) is 24.3 Å². The molecule has 1 aromatic carbocycles. The highest BCUT2D eigenvalue weighted by Gasteiger charge is 2.18. The van der Waals surface area contributed by atoms with Crippen molar-refractivity contribution in [2.24, 2.45) is 0 Å². The van der Waals surface area contributed by atoms with Gasteiger partial charge in [-0.05, 0) is 39.2 Å². The lowest BCUT2D eigenvalue weighted by molar-refractivity contribution is 0.0166. The molecule has 2 aromatic rings. The third-order valence-electron chi connectivity index (χ3n) is 4.61. The molecule has 3 rings (SSSR count). The molecule has 1 saturated heterocycles. The second-order valence-corrected chi connectivity index (χ2v) is 7.06. The number of fused-ring (bicyclic) bond motifs is 1. The zero-order chi connectivity index (χ0) is 19.2. The number of rotatable bonds is 8. The van der Waals surface area contributed by atoms with Crippen LogP contribution in [0.2, 0.25) is 0 Å². The van der Waals surface area contributed by atoms with E-state index in [0.29, 0.717) is 37.0 Å². The molecule has 0 aliphatic carbocycles. The van der Waals surface area contributed by atoms with Crippen molar-refractivity contribution in [3.8, 4) is 0 Å². The molecule has 7 heteroatoms. The third-order valence-corrected chi connectivity index (χ3v) is 4.61. The van der Waals surface area contributed by atoms with E-state index in [-0.39, 0.29) is 29.3 Å². The van der Waals surface area contributed by atoms with Gasteiger partial charge in [-0.25, -0.2) is 4.68 Å². The topological polar surface area (TPSA) is 82.5 Å². The molecule has 0 saturated carbocycles. The Morgan fingerprint density at radius 2 is 2.15 bits per heavy atom. The number of hydrogen-bond donors (Lipinski definition) is 1. The zero-order valence-electron chi connectivity index (χ0n) is 15.9. The van der Waals surface area contributed by atoms with E-state index < -0.39 is 0 Å². The minimum absolute atomic E-state index is 0.125. The van der Waals surface area contributed by atoms with Gasteiger partial charge < -0.3 is 14.8 Å². The summed E-state index contributed by atoms with van der Waals surface area (Å²) in [6, 6.07) is 6.96. The Hall–Kier alpha value is -2.25. The van der Waals surface area contributed by atoms with Gasteiger partial charge in [0.05, 0.1) is 24.1 Å². The number of aromatic nitrogens is 2. The molecule has 0 radical (unpaired) electrons. The first-order valence-electron chi connectivity index (χ1n) is 9.57. The van der Waals surface area contributed by atoms with Gasteiger partial charge in [-0.15, -0.1) is 0 Å². The molecule has 0 bridgehead atoms. The van der Waals surface area contributed by atoms with E-state index in [1.807, 2.05) is 13.8 Å². The highest BCUT2D eigenvalue weighted by molar-refractivity contribution is 6.04. The van der Waals surface area contributed by atoms with Gasteiger partial charge in [-0.2, -0.15) is 5.10 Å². The van der Waals surface area contributed by atoms with E-state index in [4.69, 9.17) is 9.47 Å². The summed E-state index contributed by atoms with van der Waals surface area (Å²) in [6.07, 6.45) is 3.08. The Morgan fingerprint density at radius 1 is 1.37 bits per heavy atom. The summed E-state index contributed by atoms with van der Waals surface area (Å²) in [5.74, 6) is -0.278. The van der Waals surface area contributed by atoms with Crippen molar-refractivity contribution in [1.82, 2.24) is 15.1 Å². The number of amides is 1. The number of ether oxygens (including phenoxy) is 2. The van der Waals surface area contributed by atoms with Crippen molar-refractivity contribution in [3.05, 3.63) is 40.3 Å². The second kappa shape index (κ2) is 9.10. The molecule has 1 atom stereocenters. The van der Waals surface area contributed by atoms with Gasteiger partial charge in [0, 0.05) is 25.1 Å². The molecule has 2 heterocycles. The van der Waals surface area contributed by atoms with Crippen LogP contribution in [-0.4, -0.2) is 48.2 Å². The third kappa shape index (κ3) is 4.73. The fourth-order valence-electron chi connectivity index (χ4n) is 3.17. The van der Waals surface area contributed by atoms with E-state index in [0.717, 1.165) is 19.4 Å². The molecule has 0 spiro atoms. The molecule has 1 unspecified atom stereocenters. The van der Waals surface area contributed by atoms with Gasteiger partial charge in [0.15, 0.2) is 5.69 Å². The van der Waals surface area contributed by atoms with Crippen LogP contribution in [0.4, 0.5) is 0 Å². The Morgan fingerprint density at radius 3 is 2.85 bits per heavy atom. The van der Waals surface area contributed by atoms with E-state index in [1.165, 1.54) is 4.68 Å². The SMILES string of the molecule is CC(C)n1nc(C(=O)NCCCOCC2CCCO2)c2ccccc2c1=O. The quantitative estimate of drug-likeness (QED) is 0.718. The average molecular weight is 373 g/mol. The molecule has 1 aliphatic rings. The molecule has 1 aliphatic heterocycles. The molecule has 146 valence electrons. The monoisotopic (exact) mass is 373 g/mol. The van der Waals surface area contributed by atoms with Crippen LogP contribution in [0, 0.1) is 0 Å². The van der Waals surface area contributed by atoms with Crippen molar-refractivity contribution in [1.29, 1.82) is 0 Å². The Labute approximate surface area is 158 Å². The fourth-order valence-corrected chi connectivity index (χ4v) is 3.17. The first-order chi connectivity index (χ1) is 13.1. The number of carbonyl (C=O) groups is 1. The molecule has 1 aromatic heterocycles. The standard InChI is InChI=1S/C20H27N3O4/c1-14(2)23-20(25)17-9-4-3-8-16(17)18(22-23)19(24)21-10-6-11-26-13-15-7-5-12-27-15/h3-4,8-9,14-15H,5-7,10-13H2,1-2H3,(H,21,24). The van der Waals surface area contributed by atoms with Crippen molar-refractivity contribution in [3.63, 3.8) is 0 Å². The summed E-state index contributed by atoms with van der Waals surface area (Å²) >= 11 is 0. The van der Waals surface area contributed by atoms with Gasteiger partial charge in [0.2, 0.25) is 0 Å². The first kappa shape index (κ1) is 19.5. The molecule has 1 amide bonds. The second-order valence-electron chi connectivity index (χ2n) is 7.06. The zero-order valence-corrected chi connectivity index (χ0v) is 15.9. The lowest BCUT2D eigenvalue weighted by atomic mass is 10.1. The summed E-state index contributed by atoms with van der Waals surface area (Å²) in [6.45, 7) is 6.23. The highest BCUT2D eigenvalue weighted by atomic mass is 16.5. The van der Waals surface area contributed by atoms with Crippen LogP contribution < -0.4 is 10.9 Å². The lowest BCUT2D eigenvalue weighted by Gasteiger charge is -2.13. The van der Waals surface area contributed by atoms with Gasteiger partial charge in [0.1, 0.15) is 0 Å². The van der Waals surface area contributed by atoms with Crippen LogP contribution in [0.25, 0.3) is 10.8 Å². The van der Waals surface area contributed by atoms with Crippen LogP contribution >= 0.6 is 0 Å². The van der Waals surface area contributed by atoms with Crippen molar-refractivity contribution in [2.45, 2.75) is 45.3 Å². The molecule has 7 nitrogen and oxygen atoms in total. The number of nitrogens with zero attached hydrogens (tertiary/aromatic N) is 2. The van der Waals surface area contributed by atoms with Crippen molar-refractivity contribution in [2.75, 3.05) is 26.4 Å². The van der Waals surface area contributed by atoms with Crippen LogP contribution in [0.3, 0.4) is 0 Å².